The van der Waals surface area contributed by atoms with Gasteiger partial charge in [-0.3, -0.25) is 4.99 Å². The van der Waals surface area contributed by atoms with Crippen LogP contribution in [0.25, 0.3) is 0 Å². The number of guanidine groups is 1. The van der Waals surface area contributed by atoms with Crippen LogP contribution in [0.4, 0.5) is 0 Å². The summed E-state index contributed by atoms with van der Waals surface area (Å²) in [6.07, 6.45) is 2.02. The summed E-state index contributed by atoms with van der Waals surface area (Å²) < 4.78 is 0. The molecule has 0 amide bonds. The molecular weight excluding hydrogens is 174 g/mol. The van der Waals surface area contributed by atoms with E-state index in [0.717, 1.165) is 12.8 Å². The van der Waals surface area contributed by atoms with Crippen LogP contribution in [0.15, 0.2) is 29.3 Å². The normalized spacial score (nSPS) is 9.79. The summed E-state index contributed by atoms with van der Waals surface area (Å²) in [7, 11) is 0. The van der Waals surface area contributed by atoms with E-state index in [-0.39, 0.29) is 5.96 Å². The molecule has 0 fully saturated rings. The molecule has 1 rings (SSSR count). The molecule has 0 radical (unpaired) electrons. The van der Waals surface area contributed by atoms with Crippen molar-refractivity contribution in [3.63, 3.8) is 0 Å². The lowest BCUT2D eigenvalue weighted by molar-refractivity contribution is 0.826. The standard InChI is InChI=1S/C11H17N3/c1-9-5-2-3-6-10(9)7-4-8-14-11(12)13/h2-3,5-6H,4,7-8H2,1H3,(H4,12,13,14). The second-order valence-corrected chi connectivity index (χ2v) is 3.34. The van der Waals surface area contributed by atoms with Crippen LogP contribution in [0, 0.1) is 6.92 Å². The lowest BCUT2D eigenvalue weighted by Gasteiger charge is -2.03. The van der Waals surface area contributed by atoms with E-state index in [1.807, 2.05) is 0 Å². The molecule has 0 heterocycles. The van der Waals surface area contributed by atoms with E-state index in [2.05, 4.69) is 36.2 Å². The molecule has 0 saturated heterocycles. The monoisotopic (exact) mass is 191 g/mol. The predicted molar refractivity (Wildman–Crippen MR) is 60.2 cm³/mol. The third kappa shape index (κ3) is 3.47. The average molecular weight is 191 g/mol. The zero-order valence-electron chi connectivity index (χ0n) is 8.53. The number of nitrogens with zero attached hydrogens (tertiary/aromatic N) is 1. The van der Waals surface area contributed by atoms with Crippen molar-refractivity contribution in [2.24, 2.45) is 16.5 Å². The molecular formula is C11H17N3. The van der Waals surface area contributed by atoms with Crippen LogP contribution in [0.3, 0.4) is 0 Å². The summed E-state index contributed by atoms with van der Waals surface area (Å²) in [5.41, 5.74) is 13.2. The zero-order chi connectivity index (χ0) is 10.4. The van der Waals surface area contributed by atoms with Crippen molar-refractivity contribution in [1.82, 2.24) is 0 Å². The van der Waals surface area contributed by atoms with Crippen LogP contribution < -0.4 is 11.5 Å². The maximum Gasteiger partial charge on any atom is 0.185 e. The Hall–Kier alpha value is -1.51. The van der Waals surface area contributed by atoms with E-state index in [0.29, 0.717) is 6.54 Å². The summed E-state index contributed by atoms with van der Waals surface area (Å²) in [5, 5.41) is 0. The first-order valence-corrected chi connectivity index (χ1v) is 4.80. The van der Waals surface area contributed by atoms with Crippen LogP contribution in [0.5, 0.6) is 0 Å². The number of hydrogen-bond acceptors (Lipinski definition) is 1. The molecule has 0 unspecified atom stereocenters. The van der Waals surface area contributed by atoms with Gasteiger partial charge in [0.15, 0.2) is 5.96 Å². The molecule has 3 heteroatoms. The molecule has 0 atom stereocenters. The third-order valence-corrected chi connectivity index (χ3v) is 2.16. The largest absolute Gasteiger partial charge is 0.370 e. The fourth-order valence-corrected chi connectivity index (χ4v) is 1.37. The van der Waals surface area contributed by atoms with Gasteiger partial charge >= 0.3 is 0 Å². The van der Waals surface area contributed by atoms with Crippen LogP contribution in [0.1, 0.15) is 17.5 Å². The third-order valence-electron chi connectivity index (χ3n) is 2.16. The second kappa shape index (κ2) is 5.27. The molecule has 0 aliphatic rings. The van der Waals surface area contributed by atoms with Crippen molar-refractivity contribution in [2.75, 3.05) is 6.54 Å². The highest BCUT2D eigenvalue weighted by atomic mass is 15.0. The van der Waals surface area contributed by atoms with Gasteiger partial charge in [-0.1, -0.05) is 24.3 Å². The van der Waals surface area contributed by atoms with Crippen LogP contribution >= 0.6 is 0 Å². The van der Waals surface area contributed by atoms with Gasteiger partial charge in [-0.15, -0.1) is 0 Å². The van der Waals surface area contributed by atoms with Crippen molar-refractivity contribution >= 4 is 5.96 Å². The Morgan fingerprint density at radius 1 is 1.29 bits per heavy atom. The van der Waals surface area contributed by atoms with Gasteiger partial charge in [-0.05, 0) is 30.9 Å². The highest BCUT2D eigenvalue weighted by Gasteiger charge is 1.95. The average Bonchev–Trinajstić information content (AvgIpc) is 2.15. The molecule has 1 aromatic carbocycles. The molecule has 0 spiro atoms. The van der Waals surface area contributed by atoms with E-state index in [1.54, 1.807) is 0 Å². The Balaban J connectivity index is 2.39. The van der Waals surface area contributed by atoms with E-state index < -0.39 is 0 Å². The topological polar surface area (TPSA) is 64.4 Å². The lowest BCUT2D eigenvalue weighted by Crippen LogP contribution is -2.23. The molecule has 14 heavy (non-hydrogen) atoms. The van der Waals surface area contributed by atoms with Crippen LogP contribution in [0.2, 0.25) is 0 Å². The van der Waals surface area contributed by atoms with Gasteiger partial charge in [0.2, 0.25) is 0 Å². The summed E-state index contributed by atoms with van der Waals surface area (Å²) in [4.78, 5) is 3.94. The second-order valence-electron chi connectivity index (χ2n) is 3.34. The molecule has 0 aliphatic heterocycles. The maximum atomic E-state index is 5.23. The highest BCUT2D eigenvalue weighted by Crippen LogP contribution is 2.09. The minimum absolute atomic E-state index is 0.176. The number of hydrogen-bond donors (Lipinski definition) is 2. The van der Waals surface area contributed by atoms with E-state index in [1.165, 1.54) is 11.1 Å². The minimum Gasteiger partial charge on any atom is -0.370 e. The Morgan fingerprint density at radius 3 is 2.64 bits per heavy atom. The summed E-state index contributed by atoms with van der Waals surface area (Å²) in [5.74, 6) is 0.176. The maximum absolute atomic E-state index is 5.23. The number of aryl methyl sites for hydroxylation is 2. The molecule has 0 saturated carbocycles. The molecule has 4 N–H and O–H groups in total. The predicted octanol–water partition coefficient (Wildman–Crippen LogP) is 1.20. The number of nitrogens with two attached hydrogens (primary N) is 2. The first-order valence-electron chi connectivity index (χ1n) is 4.80. The SMILES string of the molecule is Cc1ccccc1CCCN=C(N)N. The first-order chi connectivity index (χ1) is 6.70. The fourth-order valence-electron chi connectivity index (χ4n) is 1.37. The molecule has 0 bridgehead atoms. The van der Waals surface area contributed by atoms with Crippen LogP contribution in [-0.4, -0.2) is 12.5 Å². The van der Waals surface area contributed by atoms with Crippen molar-refractivity contribution < 1.29 is 0 Å². The summed E-state index contributed by atoms with van der Waals surface area (Å²) >= 11 is 0. The van der Waals surface area contributed by atoms with E-state index in [4.69, 9.17) is 11.5 Å². The van der Waals surface area contributed by atoms with Gasteiger partial charge in [0, 0.05) is 6.54 Å². The van der Waals surface area contributed by atoms with Crippen molar-refractivity contribution in [3.8, 4) is 0 Å². The smallest absolute Gasteiger partial charge is 0.185 e. The Bertz CT molecular complexity index is 314. The fraction of sp³-hybridized carbons (Fsp3) is 0.364. The zero-order valence-corrected chi connectivity index (χ0v) is 8.53. The van der Waals surface area contributed by atoms with Crippen molar-refractivity contribution in [3.05, 3.63) is 35.4 Å². The van der Waals surface area contributed by atoms with Gasteiger partial charge in [0.1, 0.15) is 0 Å². The molecule has 76 valence electrons. The Morgan fingerprint density at radius 2 is 2.00 bits per heavy atom. The van der Waals surface area contributed by atoms with Gasteiger partial charge in [0.05, 0.1) is 0 Å². The quantitative estimate of drug-likeness (QED) is 0.426. The van der Waals surface area contributed by atoms with Gasteiger partial charge < -0.3 is 11.5 Å². The lowest BCUT2D eigenvalue weighted by atomic mass is 10.0. The van der Waals surface area contributed by atoms with E-state index in [9.17, 15) is 0 Å². The molecule has 0 aromatic heterocycles. The highest BCUT2D eigenvalue weighted by molar-refractivity contribution is 5.75. The number of rotatable bonds is 4. The minimum atomic E-state index is 0.176. The Kier molecular flexibility index (Phi) is 3.98. The van der Waals surface area contributed by atoms with Gasteiger partial charge in [-0.25, -0.2) is 0 Å². The summed E-state index contributed by atoms with van der Waals surface area (Å²) in [6.45, 7) is 2.83. The molecule has 1 aromatic rings. The number of benzene rings is 1. The van der Waals surface area contributed by atoms with Gasteiger partial charge in [-0.2, -0.15) is 0 Å². The first kappa shape index (κ1) is 10.6. The van der Waals surface area contributed by atoms with Gasteiger partial charge in [0.25, 0.3) is 0 Å². The van der Waals surface area contributed by atoms with E-state index >= 15 is 0 Å². The molecule has 3 nitrogen and oxygen atoms in total. The molecule has 0 aliphatic carbocycles. The number of aliphatic imine (C=N–C) groups is 1. The van der Waals surface area contributed by atoms with Crippen molar-refractivity contribution in [1.29, 1.82) is 0 Å². The van der Waals surface area contributed by atoms with Crippen LogP contribution in [-0.2, 0) is 6.42 Å². The summed E-state index contributed by atoms with van der Waals surface area (Å²) in [6, 6.07) is 8.37. The Labute approximate surface area is 84.8 Å². The van der Waals surface area contributed by atoms with Crippen molar-refractivity contribution in [2.45, 2.75) is 19.8 Å².